The van der Waals surface area contributed by atoms with E-state index < -0.39 is 11.8 Å². The normalized spacial score (nSPS) is 11.6. The first-order chi connectivity index (χ1) is 29.7. The summed E-state index contributed by atoms with van der Waals surface area (Å²) < 4.78 is 6.14. The van der Waals surface area contributed by atoms with Crippen molar-refractivity contribution < 1.29 is 24.2 Å². The van der Waals surface area contributed by atoms with Crippen molar-refractivity contribution in [3.8, 4) is 23.0 Å². The number of amides is 2. The molecule has 61 heavy (non-hydrogen) atoms. The molecule has 1 aromatic heterocycles. The van der Waals surface area contributed by atoms with E-state index in [2.05, 4.69) is 36.1 Å². The zero-order valence-corrected chi connectivity index (χ0v) is 32.8. The molecule has 0 spiro atoms. The van der Waals surface area contributed by atoms with Crippen molar-refractivity contribution in [2.24, 2.45) is 20.5 Å². The van der Waals surface area contributed by atoms with Crippen LogP contribution in [0.25, 0.3) is 44.1 Å². The highest BCUT2D eigenvalue weighted by Crippen LogP contribution is 2.42. The standard InChI is InChI=1S/C49H35N7O5/c1-28-11-3-9-17-39(28)50-47(59)37-25-31-13-5-7-15-35(31)43(45(37)57)55-53-33-21-19-30(20-22-33)49-52-41-24-23-34(27-42(41)61-49)54-56-44-36-16-8-6-14-32(36)26-38(46(44)58)48(60)51-40-18-10-4-12-29(40)2/h3-27,57-58H,1-2H3,(H,50,59)(H,51,60). The van der Waals surface area contributed by atoms with Crippen LogP contribution in [0.15, 0.2) is 177 Å². The van der Waals surface area contributed by atoms with Gasteiger partial charge in [0, 0.05) is 33.8 Å². The Morgan fingerprint density at radius 1 is 0.541 bits per heavy atom. The Balaban J connectivity index is 0.956. The van der Waals surface area contributed by atoms with Gasteiger partial charge in [0.15, 0.2) is 17.1 Å². The molecule has 1 heterocycles. The average molecular weight is 802 g/mol. The van der Waals surface area contributed by atoms with Crippen LogP contribution >= 0.6 is 0 Å². The number of nitrogens with zero attached hydrogens (tertiary/aromatic N) is 5. The Labute approximate surface area is 348 Å². The van der Waals surface area contributed by atoms with Gasteiger partial charge in [0.05, 0.1) is 22.5 Å². The highest BCUT2D eigenvalue weighted by atomic mass is 16.3. The van der Waals surface area contributed by atoms with E-state index in [1.54, 1.807) is 66.7 Å². The lowest BCUT2D eigenvalue weighted by Gasteiger charge is -2.12. The molecule has 9 rings (SSSR count). The Morgan fingerprint density at radius 3 is 1.56 bits per heavy atom. The second kappa shape index (κ2) is 16.0. The van der Waals surface area contributed by atoms with E-state index >= 15 is 0 Å². The molecule has 4 N–H and O–H groups in total. The van der Waals surface area contributed by atoms with Crippen molar-refractivity contribution in [2.75, 3.05) is 10.6 Å². The number of benzene rings is 8. The van der Waals surface area contributed by atoms with Crippen molar-refractivity contribution in [3.05, 3.63) is 174 Å². The van der Waals surface area contributed by atoms with Crippen molar-refractivity contribution >= 4 is 78.6 Å². The van der Waals surface area contributed by atoms with E-state index in [-0.39, 0.29) is 34.0 Å². The maximum atomic E-state index is 13.4. The molecular formula is C49H35N7O5. The molecule has 0 atom stereocenters. The van der Waals surface area contributed by atoms with E-state index in [9.17, 15) is 19.8 Å². The third kappa shape index (κ3) is 7.64. The first-order valence-electron chi connectivity index (χ1n) is 19.3. The lowest BCUT2D eigenvalue weighted by atomic mass is 10.0. The maximum absolute atomic E-state index is 13.4. The summed E-state index contributed by atoms with van der Waals surface area (Å²) >= 11 is 0. The molecule has 9 aromatic rings. The number of azo groups is 2. The van der Waals surface area contributed by atoms with E-state index in [1.165, 1.54) is 0 Å². The largest absolute Gasteiger partial charge is 0.505 e. The molecule has 0 radical (unpaired) electrons. The number of hydrogen-bond acceptors (Lipinski definition) is 10. The van der Waals surface area contributed by atoms with Gasteiger partial charge in [0.2, 0.25) is 5.89 Å². The Hall–Kier alpha value is -8.51. The molecule has 0 bridgehead atoms. The number of carbonyl (C=O) groups is 2. The van der Waals surface area contributed by atoms with Crippen molar-refractivity contribution in [3.63, 3.8) is 0 Å². The number of phenolic OH excluding ortho intramolecular Hbond substituents is 2. The lowest BCUT2D eigenvalue weighted by Crippen LogP contribution is -2.13. The van der Waals surface area contributed by atoms with Crippen LogP contribution in [0.2, 0.25) is 0 Å². The van der Waals surface area contributed by atoms with E-state index in [4.69, 9.17) is 4.42 Å². The fourth-order valence-electron chi connectivity index (χ4n) is 6.97. The minimum Gasteiger partial charge on any atom is -0.505 e. The number of aryl methyl sites for hydroxylation is 2. The summed E-state index contributed by atoms with van der Waals surface area (Å²) in [6, 6.07) is 45.0. The first kappa shape index (κ1) is 38.0. The smallest absolute Gasteiger partial charge is 0.259 e. The molecular weight excluding hydrogens is 767 g/mol. The number of fused-ring (bicyclic) bond motifs is 3. The number of aromatic hydroxyl groups is 2. The van der Waals surface area contributed by atoms with Crippen LogP contribution in [-0.4, -0.2) is 27.0 Å². The predicted molar refractivity (Wildman–Crippen MR) is 237 cm³/mol. The van der Waals surface area contributed by atoms with Crippen molar-refractivity contribution in [1.29, 1.82) is 0 Å². The Morgan fingerprint density at radius 2 is 1.02 bits per heavy atom. The number of hydrogen-bond donors (Lipinski definition) is 4. The SMILES string of the molecule is Cc1ccccc1NC(=O)c1cc2ccccc2c(N=Nc2ccc(-c3nc4ccc(N=Nc5c(O)c(C(=O)Nc6ccccc6C)cc6ccccc56)cc4o3)cc2)c1O. The Kier molecular flexibility index (Phi) is 9.99. The summed E-state index contributed by atoms with van der Waals surface area (Å²) in [7, 11) is 0. The molecule has 12 heteroatoms. The predicted octanol–water partition coefficient (Wildman–Crippen LogP) is 13.2. The minimum absolute atomic E-state index is 0.0678. The van der Waals surface area contributed by atoms with Crippen LogP contribution in [0.4, 0.5) is 34.1 Å². The quantitative estimate of drug-likeness (QED) is 0.106. The van der Waals surface area contributed by atoms with Crippen molar-refractivity contribution in [2.45, 2.75) is 13.8 Å². The number of aromatic nitrogens is 1. The summed E-state index contributed by atoms with van der Waals surface area (Å²) in [5.74, 6) is -1.15. The molecule has 0 aliphatic rings. The average Bonchev–Trinajstić information content (AvgIpc) is 3.71. The van der Waals surface area contributed by atoms with Gasteiger partial charge in [-0.25, -0.2) is 4.98 Å². The summed E-state index contributed by atoms with van der Waals surface area (Å²) in [6.07, 6.45) is 0. The summed E-state index contributed by atoms with van der Waals surface area (Å²) in [5.41, 5.74) is 6.19. The number of para-hydroxylation sites is 2. The van der Waals surface area contributed by atoms with Crippen LogP contribution in [0, 0.1) is 13.8 Å². The number of anilines is 2. The molecule has 0 unspecified atom stereocenters. The van der Waals surface area contributed by atoms with Gasteiger partial charge in [0.1, 0.15) is 16.9 Å². The van der Waals surface area contributed by atoms with E-state index in [0.29, 0.717) is 61.5 Å². The molecule has 0 aliphatic heterocycles. The lowest BCUT2D eigenvalue weighted by molar-refractivity contribution is 0.101. The topological polar surface area (TPSA) is 174 Å². The summed E-state index contributed by atoms with van der Waals surface area (Å²) in [5, 5.41) is 48.8. The zero-order valence-electron chi connectivity index (χ0n) is 32.8. The van der Waals surface area contributed by atoms with Crippen LogP contribution in [-0.2, 0) is 0 Å². The van der Waals surface area contributed by atoms with Gasteiger partial charge in [-0.1, -0.05) is 84.9 Å². The van der Waals surface area contributed by atoms with Crippen LogP contribution in [0.1, 0.15) is 31.8 Å². The van der Waals surface area contributed by atoms with Gasteiger partial charge < -0.3 is 25.3 Å². The third-order valence-corrected chi connectivity index (χ3v) is 10.3. The highest BCUT2D eigenvalue weighted by molar-refractivity contribution is 6.13. The van der Waals surface area contributed by atoms with Crippen molar-refractivity contribution in [1.82, 2.24) is 4.98 Å². The van der Waals surface area contributed by atoms with Gasteiger partial charge >= 0.3 is 0 Å². The molecule has 296 valence electrons. The summed E-state index contributed by atoms with van der Waals surface area (Å²) in [4.78, 5) is 31.4. The fourth-order valence-corrected chi connectivity index (χ4v) is 6.97. The van der Waals surface area contributed by atoms with Gasteiger partial charge in [-0.15, -0.1) is 10.2 Å². The van der Waals surface area contributed by atoms with Crippen LogP contribution in [0.3, 0.4) is 0 Å². The molecule has 0 saturated heterocycles. The van der Waals surface area contributed by atoms with E-state index in [0.717, 1.165) is 16.5 Å². The molecule has 12 nitrogen and oxygen atoms in total. The minimum atomic E-state index is -0.473. The molecule has 0 aliphatic carbocycles. The Bertz CT molecular complexity index is 3250. The number of rotatable bonds is 9. The highest BCUT2D eigenvalue weighted by Gasteiger charge is 2.21. The van der Waals surface area contributed by atoms with Crippen LogP contribution in [0.5, 0.6) is 11.5 Å². The third-order valence-electron chi connectivity index (χ3n) is 10.3. The number of carbonyl (C=O) groups excluding carboxylic acids is 2. The number of oxazole rings is 1. The molecule has 8 aromatic carbocycles. The van der Waals surface area contributed by atoms with Gasteiger partial charge in [-0.3, -0.25) is 9.59 Å². The zero-order chi connectivity index (χ0) is 42.0. The van der Waals surface area contributed by atoms with Crippen LogP contribution < -0.4 is 10.6 Å². The molecule has 2 amide bonds. The summed E-state index contributed by atoms with van der Waals surface area (Å²) in [6.45, 7) is 3.79. The molecule has 0 saturated carbocycles. The first-order valence-corrected chi connectivity index (χ1v) is 19.3. The monoisotopic (exact) mass is 801 g/mol. The van der Waals surface area contributed by atoms with E-state index in [1.807, 2.05) is 98.8 Å². The second-order valence-electron chi connectivity index (χ2n) is 14.3. The van der Waals surface area contributed by atoms with Gasteiger partial charge in [-0.05, 0) is 96.4 Å². The maximum Gasteiger partial charge on any atom is 0.259 e. The fraction of sp³-hybridized carbons (Fsp3) is 0.0408. The molecule has 0 fully saturated rings. The van der Waals surface area contributed by atoms with Gasteiger partial charge in [0.25, 0.3) is 11.8 Å². The van der Waals surface area contributed by atoms with Gasteiger partial charge in [-0.2, -0.15) is 10.2 Å². The number of phenols is 2. The second-order valence-corrected chi connectivity index (χ2v) is 14.3. The number of nitrogens with one attached hydrogen (secondary N) is 2.